The van der Waals surface area contributed by atoms with Gasteiger partial charge in [0.2, 0.25) is 5.91 Å². The number of hydrogen-bond acceptors (Lipinski definition) is 5. The molecule has 2 heterocycles. The van der Waals surface area contributed by atoms with Crippen molar-refractivity contribution >= 4 is 23.2 Å². The van der Waals surface area contributed by atoms with Crippen molar-refractivity contribution in [3.63, 3.8) is 0 Å². The maximum absolute atomic E-state index is 12.4. The van der Waals surface area contributed by atoms with Crippen LogP contribution in [0.15, 0.2) is 29.6 Å². The van der Waals surface area contributed by atoms with E-state index in [2.05, 4.69) is 10.6 Å². The van der Waals surface area contributed by atoms with Gasteiger partial charge in [0.25, 0.3) is 5.91 Å². The summed E-state index contributed by atoms with van der Waals surface area (Å²) in [6.07, 6.45) is 1.00. The highest BCUT2D eigenvalue weighted by Gasteiger charge is 2.23. The lowest BCUT2D eigenvalue weighted by Crippen LogP contribution is -2.44. The van der Waals surface area contributed by atoms with Gasteiger partial charge in [0.05, 0.1) is 11.5 Å². The van der Waals surface area contributed by atoms with Gasteiger partial charge in [-0.05, 0) is 44.4 Å². The molecule has 1 aliphatic rings. The average Bonchev–Trinajstić information content (AvgIpc) is 3.28. The standard InChI is InChI=1S/C20H24N2O4S/c1-4-25-16-9-14-8-12(2)26-17(14)10-15(16)11-21-19(23)13(3)22-20(24)18-6-5-7-27-18/h5-7,9-10,12-13H,4,8,11H2,1-3H3,(H,21,23)(H,22,24)/t12-,13+/m1/s1. The molecular weight excluding hydrogens is 364 g/mol. The first-order chi connectivity index (χ1) is 13.0. The summed E-state index contributed by atoms with van der Waals surface area (Å²) in [7, 11) is 0. The molecule has 2 amide bonds. The molecule has 0 spiro atoms. The van der Waals surface area contributed by atoms with Gasteiger partial charge >= 0.3 is 0 Å². The van der Waals surface area contributed by atoms with Gasteiger partial charge < -0.3 is 20.1 Å². The molecule has 0 fully saturated rings. The zero-order valence-corrected chi connectivity index (χ0v) is 16.5. The van der Waals surface area contributed by atoms with Crippen LogP contribution in [-0.4, -0.2) is 30.6 Å². The second-order valence-corrected chi connectivity index (χ2v) is 7.47. The van der Waals surface area contributed by atoms with Crippen LogP contribution in [0.1, 0.15) is 41.6 Å². The summed E-state index contributed by atoms with van der Waals surface area (Å²) in [5.74, 6) is 1.10. The lowest BCUT2D eigenvalue weighted by molar-refractivity contribution is -0.122. The summed E-state index contributed by atoms with van der Waals surface area (Å²) >= 11 is 1.34. The molecule has 0 radical (unpaired) electrons. The molecule has 2 N–H and O–H groups in total. The lowest BCUT2D eigenvalue weighted by atomic mass is 10.1. The van der Waals surface area contributed by atoms with Crippen LogP contribution < -0.4 is 20.1 Å². The molecule has 0 saturated heterocycles. The van der Waals surface area contributed by atoms with Crippen molar-refractivity contribution in [3.8, 4) is 11.5 Å². The number of amides is 2. The molecule has 1 aromatic heterocycles. The van der Waals surface area contributed by atoms with Crippen LogP contribution >= 0.6 is 11.3 Å². The molecule has 2 atom stereocenters. The van der Waals surface area contributed by atoms with E-state index < -0.39 is 6.04 Å². The molecule has 3 rings (SSSR count). The lowest BCUT2D eigenvalue weighted by Gasteiger charge is -2.16. The Morgan fingerprint density at radius 2 is 2.22 bits per heavy atom. The first-order valence-corrected chi connectivity index (χ1v) is 9.93. The zero-order valence-electron chi connectivity index (χ0n) is 15.7. The van der Waals surface area contributed by atoms with Crippen molar-refractivity contribution < 1.29 is 19.1 Å². The Labute approximate surface area is 162 Å². The molecule has 7 heteroatoms. The van der Waals surface area contributed by atoms with Gasteiger partial charge in [0.15, 0.2) is 0 Å². The molecule has 0 saturated carbocycles. The van der Waals surface area contributed by atoms with Crippen LogP contribution in [0.5, 0.6) is 11.5 Å². The average molecular weight is 388 g/mol. The third-order valence-corrected chi connectivity index (χ3v) is 5.19. The van der Waals surface area contributed by atoms with Gasteiger partial charge in [-0.1, -0.05) is 6.07 Å². The topological polar surface area (TPSA) is 76.7 Å². The summed E-state index contributed by atoms with van der Waals surface area (Å²) in [5, 5.41) is 7.40. The minimum atomic E-state index is -0.638. The van der Waals surface area contributed by atoms with E-state index in [0.29, 0.717) is 18.0 Å². The molecule has 0 aliphatic carbocycles. The fraction of sp³-hybridized carbons (Fsp3) is 0.400. The highest BCUT2D eigenvalue weighted by molar-refractivity contribution is 7.12. The van der Waals surface area contributed by atoms with Gasteiger partial charge in [0, 0.05) is 24.1 Å². The molecular formula is C20H24N2O4S. The number of fused-ring (bicyclic) bond motifs is 1. The van der Waals surface area contributed by atoms with E-state index in [9.17, 15) is 9.59 Å². The Kier molecular flexibility index (Phi) is 6.01. The quantitative estimate of drug-likeness (QED) is 0.765. The van der Waals surface area contributed by atoms with Crippen LogP contribution in [0.3, 0.4) is 0 Å². The maximum Gasteiger partial charge on any atom is 0.261 e. The number of hydrogen-bond donors (Lipinski definition) is 2. The summed E-state index contributed by atoms with van der Waals surface area (Å²) in [6.45, 7) is 6.47. The van der Waals surface area contributed by atoms with Crippen LogP contribution in [0.2, 0.25) is 0 Å². The van der Waals surface area contributed by atoms with Crippen molar-refractivity contribution in [1.82, 2.24) is 10.6 Å². The van der Waals surface area contributed by atoms with Crippen molar-refractivity contribution in [3.05, 3.63) is 45.6 Å². The summed E-state index contributed by atoms with van der Waals surface area (Å²) in [4.78, 5) is 25.0. The molecule has 144 valence electrons. The molecule has 27 heavy (non-hydrogen) atoms. The predicted molar refractivity (Wildman–Crippen MR) is 104 cm³/mol. The minimum absolute atomic E-state index is 0.145. The molecule has 0 bridgehead atoms. The first-order valence-electron chi connectivity index (χ1n) is 9.05. The number of nitrogens with one attached hydrogen (secondary N) is 2. The first kappa shape index (κ1) is 19.2. The minimum Gasteiger partial charge on any atom is -0.494 e. The third kappa shape index (κ3) is 4.60. The SMILES string of the molecule is CCOc1cc2c(cc1CNC(=O)[C@H](C)NC(=O)c1cccs1)O[C@H](C)C2. The smallest absolute Gasteiger partial charge is 0.261 e. The number of benzene rings is 1. The van der Waals surface area contributed by atoms with Crippen LogP contribution in [-0.2, 0) is 17.8 Å². The van der Waals surface area contributed by atoms with Crippen molar-refractivity contribution in [2.45, 2.75) is 45.9 Å². The van der Waals surface area contributed by atoms with E-state index in [1.807, 2.05) is 31.4 Å². The predicted octanol–water partition coefficient (Wildman–Crippen LogP) is 2.90. The molecule has 1 aliphatic heterocycles. The highest BCUT2D eigenvalue weighted by atomic mass is 32.1. The molecule has 2 aromatic rings. The largest absolute Gasteiger partial charge is 0.494 e. The highest BCUT2D eigenvalue weighted by Crippen LogP contribution is 2.35. The van der Waals surface area contributed by atoms with Crippen LogP contribution in [0, 0.1) is 0 Å². The number of ether oxygens (including phenoxy) is 2. The normalized spacial score (nSPS) is 16.2. The van der Waals surface area contributed by atoms with E-state index in [4.69, 9.17) is 9.47 Å². The number of carbonyl (C=O) groups excluding carboxylic acids is 2. The number of rotatable bonds is 7. The van der Waals surface area contributed by atoms with E-state index in [1.54, 1.807) is 19.1 Å². The maximum atomic E-state index is 12.4. The van der Waals surface area contributed by atoms with Gasteiger partial charge in [-0.15, -0.1) is 11.3 Å². The monoisotopic (exact) mass is 388 g/mol. The molecule has 6 nitrogen and oxygen atoms in total. The second kappa shape index (κ2) is 8.43. The van der Waals surface area contributed by atoms with E-state index in [-0.39, 0.29) is 17.9 Å². The Balaban J connectivity index is 1.62. The van der Waals surface area contributed by atoms with Gasteiger partial charge in [0.1, 0.15) is 23.6 Å². The molecule has 0 unspecified atom stereocenters. The summed E-state index contributed by atoms with van der Waals surface area (Å²) < 4.78 is 11.5. The van der Waals surface area contributed by atoms with Gasteiger partial charge in [-0.3, -0.25) is 9.59 Å². The fourth-order valence-electron chi connectivity index (χ4n) is 2.99. The zero-order chi connectivity index (χ0) is 19.4. The van der Waals surface area contributed by atoms with Gasteiger partial charge in [-0.2, -0.15) is 0 Å². The number of carbonyl (C=O) groups is 2. The van der Waals surface area contributed by atoms with Crippen LogP contribution in [0.25, 0.3) is 0 Å². The van der Waals surface area contributed by atoms with Crippen molar-refractivity contribution in [2.24, 2.45) is 0 Å². The Morgan fingerprint density at radius 1 is 1.41 bits per heavy atom. The third-order valence-electron chi connectivity index (χ3n) is 4.32. The number of thiophene rings is 1. The summed E-state index contributed by atoms with van der Waals surface area (Å²) in [6, 6.07) is 6.81. The van der Waals surface area contributed by atoms with Crippen LogP contribution in [0.4, 0.5) is 0 Å². The van der Waals surface area contributed by atoms with Crippen molar-refractivity contribution in [1.29, 1.82) is 0 Å². The Bertz CT molecular complexity index is 820. The second-order valence-electron chi connectivity index (χ2n) is 6.52. The van der Waals surface area contributed by atoms with E-state index >= 15 is 0 Å². The van der Waals surface area contributed by atoms with Gasteiger partial charge in [-0.25, -0.2) is 0 Å². The Hall–Kier alpha value is -2.54. The Morgan fingerprint density at radius 3 is 2.93 bits per heavy atom. The van der Waals surface area contributed by atoms with E-state index in [0.717, 1.165) is 29.0 Å². The van der Waals surface area contributed by atoms with E-state index in [1.165, 1.54) is 11.3 Å². The molecule has 1 aromatic carbocycles. The fourth-order valence-corrected chi connectivity index (χ4v) is 3.61. The summed E-state index contributed by atoms with van der Waals surface area (Å²) in [5.41, 5.74) is 1.98. The van der Waals surface area contributed by atoms with Crippen molar-refractivity contribution in [2.75, 3.05) is 6.61 Å².